The number of thiophene rings is 1. The molecule has 0 amide bonds. The van der Waals surface area contributed by atoms with Gasteiger partial charge < -0.3 is 0 Å². The van der Waals surface area contributed by atoms with Crippen LogP contribution in [0, 0.1) is 0 Å². The lowest BCUT2D eigenvalue weighted by Crippen LogP contribution is -2.12. The third kappa shape index (κ3) is 3.15. The second kappa shape index (κ2) is 4.28. The maximum absolute atomic E-state index is 10.8. The molecule has 1 N–H and O–H groups in total. The Bertz CT molecular complexity index is 366. The van der Waals surface area contributed by atoms with Gasteiger partial charge in [0, 0.05) is 0 Å². The standard InChI is InChI=1S/C7H8O3S3/c1-2-7(13(8,9)10)12-6-4-3-5-11-6/h2-5,7H,1H2,(H,8,9,10). The highest BCUT2D eigenvalue weighted by Crippen LogP contribution is 2.30. The largest absolute Gasteiger partial charge is 0.284 e. The van der Waals surface area contributed by atoms with E-state index in [1.807, 2.05) is 11.4 Å². The van der Waals surface area contributed by atoms with E-state index >= 15 is 0 Å². The van der Waals surface area contributed by atoms with Gasteiger partial charge in [-0.15, -0.1) is 17.9 Å². The first-order valence-corrected chi connectivity index (χ1v) is 6.59. The van der Waals surface area contributed by atoms with Crippen LogP contribution in [0.3, 0.4) is 0 Å². The molecule has 1 rings (SSSR count). The smallest absolute Gasteiger partial charge is 0.281 e. The van der Waals surface area contributed by atoms with Crippen LogP contribution in [0.2, 0.25) is 0 Å². The van der Waals surface area contributed by atoms with Gasteiger partial charge in [-0.25, -0.2) is 0 Å². The topological polar surface area (TPSA) is 54.4 Å². The fourth-order valence-corrected chi connectivity index (χ4v) is 3.53. The van der Waals surface area contributed by atoms with Gasteiger partial charge in [0.1, 0.15) is 0 Å². The van der Waals surface area contributed by atoms with Gasteiger partial charge >= 0.3 is 0 Å². The summed E-state index contributed by atoms with van der Waals surface area (Å²) in [6.45, 7) is 3.35. The Hall–Kier alpha value is -0.300. The molecule has 0 aliphatic carbocycles. The molecule has 72 valence electrons. The Kier molecular flexibility index (Phi) is 3.55. The van der Waals surface area contributed by atoms with Crippen molar-refractivity contribution < 1.29 is 13.0 Å². The molecule has 0 bridgehead atoms. The van der Waals surface area contributed by atoms with Gasteiger partial charge in [-0.05, 0) is 11.4 Å². The first kappa shape index (κ1) is 10.8. The van der Waals surface area contributed by atoms with Crippen LogP contribution in [-0.4, -0.2) is 17.6 Å². The number of hydrogen-bond donors (Lipinski definition) is 1. The molecule has 0 saturated heterocycles. The van der Waals surface area contributed by atoms with Crippen LogP contribution >= 0.6 is 23.1 Å². The highest BCUT2D eigenvalue weighted by Gasteiger charge is 2.20. The van der Waals surface area contributed by atoms with E-state index in [-0.39, 0.29) is 0 Å². The molecule has 0 saturated carbocycles. The molecule has 3 nitrogen and oxygen atoms in total. The first-order chi connectivity index (χ1) is 6.04. The fraction of sp³-hybridized carbons (Fsp3) is 0.143. The van der Waals surface area contributed by atoms with E-state index < -0.39 is 14.7 Å². The fourth-order valence-electron chi connectivity index (χ4n) is 0.676. The maximum Gasteiger partial charge on any atom is 0.281 e. The van der Waals surface area contributed by atoms with Crippen LogP contribution in [0.25, 0.3) is 0 Å². The van der Waals surface area contributed by atoms with Gasteiger partial charge in [-0.3, -0.25) is 4.55 Å². The molecule has 0 aliphatic rings. The van der Waals surface area contributed by atoms with Crippen molar-refractivity contribution in [3.05, 3.63) is 30.2 Å². The molecule has 1 unspecified atom stereocenters. The molecule has 13 heavy (non-hydrogen) atoms. The zero-order valence-corrected chi connectivity index (χ0v) is 9.03. The van der Waals surface area contributed by atoms with E-state index in [9.17, 15) is 8.42 Å². The Morgan fingerprint density at radius 2 is 2.38 bits per heavy atom. The molecule has 0 radical (unpaired) electrons. The van der Waals surface area contributed by atoms with Gasteiger partial charge in [0.25, 0.3) is 10.1 Å². The van der Waals surface area contributed by atoms with Crippen molar-refractivity contribution in [2.24, 2.45) is 0 Å². The highest BCUT2D eigenvalue weighted by atomic mass is 32.3. The minimum atomic E-state index is -4.04. The van der Waals surface area contributed by atoms with Crippen LogP contribution < -0.4 is 0 Å². The van der Waals surface area contributed by atoms with Crippen molar-refractivity contribution in [3.63, 3.8) is 0 Å². The normalized spacial score (nSPS) is 13.9. The van der Waals surface area contributed by atoms with Gasteiger partial charge in [0.05, 0.1) is 4.21 Å². The van der Waals surface area contributed by atoms with Crippen LogP contribution in [0.5, 0.6) is 0 Å². The third-order valence-electron chi connectivity index (χ3n) is 1.21. The molecule has 1 atom stereocenters. The molecule has 1 aromatic rings. The van der Waals surface area contributed by atoms with Gasteiger partial charge in [-0.2, -0.15) is 8.42 Å². The summed E-state index contributed by atoms with van der Waals surface area (Å²) in [4.78, 5) is 0. The highest BCUT2D eigenvalue weighted by molar-refractivity contribution is 8.12. The monoisotopic (exact) mass is 236 g/mol. The molecule has 0 fully saturated rings. The summed E-state index contributed by atoms with van der Waals surface area (Å²) in [5, 5.41) is 1.84. The molecule has 0 aliphatic heterocycles. The molecule has 6 heteroatoms. The molecule has 0 spiro atoms. The number of rotatable bonds is 4. The van der Waals surface area contributed by atoms with E-state index in [2.05, 4.69) is 6.58 Å². The summed E-state index contributed by atoms with van der Waals surface area (Å²) in [5.74, 6) is 0. The average Bonchev–Trinajstić information content (AvgIpc) is 2.49. The molecular weight excluding hydrogens is 228 g/mol. The predicted octanol–water partition coefficient (Wildman–Crippen LogP) is 2.24. The van der Waals surface area contributed by atoms with Crippen molar-refractivity contribution in [2.45, 2.75) is 8.79 Å². The van der Waals surface area contributed by atoms with Crippen LogP contribution in [-0.2, 0) is 10.1 Å². The molecule has 0 aromatic carbocycles. The second-order valence-electron chi connectivity index (χ2n) is 2.17. The summed E-state index contributed by atoms with van der Waals surface area (Å²) >= 11 is 2.49. The van der Waals surface area contributed by atoms with Gasteiger partial charge in [0.2, 0.25) is 0 Å². The van der Waals surface area contributed by atoms with Gasteiger partial charge in [-0.1, -0.05) is 23.9 Å². The lowest BCUT2D eigenvalue weighted by Gasteiger charge is -2.05. The first-order valence-electron chi connectivity index (χ1n) is 3.33. The second-order valence-corrected chi connectivity index (χ2v) is 6.39. The zero-order chi connectivity index (χ0) is 9.90. The minimum Gasteiger partial charge on any atom is -0.284 e. The number of thioether (sulfide) groups is 1. The maximum atomic E-state index is 10.8. The van der Waals surface area contributed by atoms with Gasteiger partial charge in [0.15, 0.2) is 4.58 Å². The Balaban J connectivity index is 2.77. The quantitative estimate of drug-likeness (QED) is 0.495. The predicted molar refractivity (Wildman–Crippen MR) is 55.7 cm³/mol. The lowest BCUT2D eigenvalue weighted by molar-refractivity contribution is 0.484. The van der Waals surface area contributed by atoms with Crippen molar-refractivity contribution in [2.75, 3.05) is 0 Å². The Morgan fingerprint density at radius 1 is 1.69 bits per heavy atom. The number of hydrogen-bond acceptors (Lipinski definition) is 4. The van der Waals surface area contributed by atoms with Crippen molar-refractivity contribution in [1.29, 1.82) is 0 Å². The Labute approximate surface area is 85.2 Å². The van der Waals surface area contributed by atoms with E-state index in [1.54, 1.807) is 6.07 Å². The van der Waals surface area contributed by atoms with E-state index in [4.69, 9.17) is 4.55 Å². The lowest BCUT2D eigenvalue weighted by atomic mass is 10.7. The van der Waals surface area contributed by atoms with E-state index in [0.717, 1.165) is 16.0 Å². The van der Waals surface area contributed by atoms with E-state index in [1.165, 1.54) is 17.4 Å². The molecule has 1 heterocycles. The summed E-state index contributed by atoms with van der Waals surface area (Å²) in [7, 11) is -4.04. The van der Waals surface area contributed by atoms with Crippen LogP contribution in [0.1, 0.15) is 0 Å². The zero-order valence-electron chi connectivity index (χ0n) is 6.58. The SMILES string of the molecule is C=CC(Sc1cccs1)S(=O)(=O)O. The van der Waals surface area contributed by atoms with Crippen molar-refractivity contribution >= 4 is 33.2 Å². The Morgan fingerprint density at radius 3 is 2.77 bits per heavy atom. The summed E-state index contributed by atoms with van der Waals surface area (Å²) in [6.07, 6.45) is 1.21. The minimum absolute atomic E-state index is 0.836. The summed E-state index contributed by atoms with van der Waals surface area (Å²) in [5.41, 5.74) is 0. The third-order valence-corrected chi connectivity index (χ3v) is 5.04. The summed E-state index contributed by atoms with van der Waals surface area (Å²) in [6, 6.07) is 3.61. The van der Waals surface area contributed by atoms with E-state index in [0.29, 0.717) is 0 Å². The van der Waals surface area contributed by atoms with Crippen LogP contribution in [0.4, 0.5) is 0 Å². The van der Waals surface area contributed by atoms with Crippen molar-refractivity contribution in [1.82, 2.24) is 0 Å². The summed E-state index contributed by atoms with van der Waals surface area (Å²) < 4.78 is 30.1. The van der Waals surface area contributed by atoms with Crippen LogP contribution in [0.15, 0.2) is 34.4 Å². The molecule has 1 aromatic heterocycles. The average molecular weight is 236 g/mol. The van der Waals surface area contributed by atoms with Crippen molar-refractivity contribution in [3.8, 4) is 0 Å². The molecular formula is C7H8O3S3.